The molecule has 0 bridgehead atoms. The van der Waals surface area contributed by atoms with Gasteiger partial charge in [-0.05, 0) is 43.5 Å². The predicted octanol–water partition coefficient (Wildman–Crippen LogP) is 2.40. The molecule has 1 fully saturated rings. The summed E-state index contributed by atoms with van der Waals surface area (Å²) < 4.78 is 5.60. The maximum absolute atomic E-state index is 12.1. The van der Waals surface area contributed by atoms with Crippen LogP contribution in [0.2, 0.25) is 0 Å². The second kappa shape index (κ2) is 7.46. The molecule has 4 heteroatoms. The Labute approximate surface area is 127 Å². The number of ether oxygens (including phenoxy) is 1. The lowest BCUT2D eigenvalue weighted by molar-refractivity contribution is -0.134. The number of piperidine rings is 1. The third-order valence-electron chi connectivity index (χ3n) is 4.16. The number of rotatable bonds is 5. The maximum atomic E-state index is 12.1. The average molecular weight is 290 g/mol. The average Bonchev–Trinajstić information content (AvgIpc) is 2.53. The zero-order valence-corrected chi connectivity index (χ0v) is 13.3. The van der Waals surface area contributed by atoms with E-state index >= 15 is 0 Å². The molecule has 1 N–H and O–H groups in total. The van der Waals surface area contributed by atoms with Crippen molar-refractivity contribution in [3.63, 3.8) is 0 Å². The summed E-state index contributed by atoms with van der Waals surface area (Å²) in [6.07, 6.45) is 2.04. The van der Waals surface area contributed by atoms with Crippen molar-refractivity contribution in [3.8, 4) is 5.75 Å². The molecule has 1 amide bonds. The number of benzene rings is 1. The number of likely N-dealkylation sites (tertiary alicyclic amines) is 1. The van der Waals surface area contributed by atoms with Gasteiger partial charge in [0.2, 0.25) is 0 Å². The lowest BCUT2D eigenvalue weighted by Crippen LogP contribution is -2.45. The van der Waals surface area contributed by atoms with Crippen LogP contribution in [0.5, 0.6) is 5.75 Å². The molecule has 116 valence electrons. The van der Waals surface area contributed by atoms with Crippen molar-refractivity contribution in [1.29, 1.82) is 0 Å². The first kappa shape index (κ1) is 15.8. The van der Waals surface area contributed by atoms with Crippen molar-refractivity contribution in [3.05, 3.63) is 29.8 Å². The maximum Gasteiger partial charge on any atom is 0.260 e. The molecule has 0 aromatic heterocycles. The highest BCUT2D eigenvalue weighted by Crippen LogP contribution is 2.18. The SMILES string of the molecule is CNC1CCN(C(=O)COc2ccc(C(C)C)cc2)CC1. The lowest BCUT2D eigenvalue weighted by atomic mass is 10.0. The van der Waals surface area contributed by atoms with Gasteiger partial charge in [-0.1, -0.05) is 26.0 Å². The fourth-order valence-corrected chi connectivity index (χ4v) is 2.60. The summed E-state index contributed by atoms with van der Waals surface area (Å²) in [6.45, 7) is 6.09. The summed E-state index contributed by atoms with van der Waals surface area (Å²) in [5.74, 6) is 1.35. The van der Waals surface area contributed by atoms with Crippen LogP contribution >= 0.6 is 0 Å². The fraction of sp³-hybridized carbons (Fsp3) is 0.588. The molecule has 0 unspecified atom stereocenters. The number of nitrogens with one attached hydrogen (secondary N) is 1. The molecule has 1 aliphatic heterocycles. The first-order valence-electron chi connectivity index (χ1n) is 7.78. The van der Waals surface area contributed by atoms with Crippen molar-refractivity contribution in [2.24, 2.45) is 0 Å². The Hall–Kier alpha value is -1.55. The summed E-state index contributed by atoms with van der Waals surface area (Å²) in [4.78, 5) is 14.0. The van der Waals surface area contributed by atoms with Crippen molar-refractivity contribution in [2.45, 2.75) is 38.6 Å². The van der Waals surface area contributed by atoms with E-state index in [0.29, 0.717) is 12.0 Å². The normalized spacial score (nSPS) is 16.3. The van der Waals surface area contributed by atoms with Gasteiger partial charge in [0.25, 0.3) is 5.91 Å². The minimum Gasteiger partial charge on any atom is -0.484 e. The fourth-order valence-electron chi connectivity index (χ4n) is 2.60. The standard InChI is InChI=1S/C17H26N2O2/c1-13(2)14-4-6-16(7-5-14)21-12-17(20)19-10-8-15(18-3)9-11-19/h4-7,13,15,18H,8-12H2,1-3H3. The summed E-state index contributed by atoms with van der Waals surface area (Å²) in [6, 6.07) is 8.54. The third-order valence-corrected chi connectivity index (χ3v) is 4.16. The van der Waals surface area contributed by atoms with Gasteiger partial charge in [-0.2, -0.15) is 0 Å². The van der Waals surface area contributed by atoms with E-state index in [0.717, 1.165) is 31.7 Å². The van der Waals surface area contributed by atoms with Crippen LogP contribution in [0.25, 0.3) is 0 Å². The highest BCUT2D eigenvalue weighted by atomic mass is 16.5. The minimum absolute atomic E-state index is 0.0810. The van der Waals surface area contributed by atoms with Gasteiger partial charge in [-0.3, -0.25) is 4.79 Å². The van der Waals surface area contributed by atoms with Crippen LogP contribution in [0.4, 0.5) is 0 Å². The molecular formula is C17H26N2O2. The van der Waals surface area contributed by atoms with Crippen LogP contribution in [-0.2, 0) is 4.79 Å². The largest absolute Gasteiger partial charge is 0.484 e. The van der Waals surface area contributed by atoms with E-state index in [-0.39, 0.29) is 12.5 Å². The van der Waals surface area contributed by atoms with E-state index in [1.165, 1.54) is 5.56 Å². The second-order valence-electron chi connectivity index (χ2n) is 5.96. The predicted molar refractivity (Wildman–Crippen MR) is 84.7 cm³/mol. The number of nitrogens with zero attached hydrogens (tertiary/aromatic N) is 1. The summed E-state index contributed by atoms with van der Waals surface area (Å²) in [7, 11) is 1.98. The van der Waals surface area contributed by atoms with Gasteiger partial charge < -0.3 is 15.0 Å². The molecule has 0 saturated carbocycles. The Morgan fingerprint density at radius 1 is 1.29 bits per heavy atom. The molecular weight excluding hydrogens is 264 g/mol. The first-order chi connectivity index (χ1) is 10.1. The Balaban J connectivity index is 1.78. The van der Waals surface area contributed by atoms with E-state index in [4.69, 9.17) is 4.74 Å². The van der Waals surface area contributed by atoms with Crippen molar-refractivity contribution < 1.29 is 9.53 Å². The lowest BCUT2D eigenvalue weighted by Gasteiger charge is -2.31. The molecule has 0 atom stereocenters. The Morgan fingerprint density at radius 2 is 1.90 bits per heavy atom. The van der Waals surface area contributed by atoms with Crippen LogP contribution in [0.15, 0.2) is 24.3 Å². The molecule has 0 spiro atoms. The van der Waals surface area contributed by atoms with E-state index < -0.39 is 0 Å². The number of carbonyl (C=O) groups is 1. The molecule has 0 radical (unpaired) electrons. The molecule has 1 aliphatic rings. The molecule has 4 nitrogen and oxygen atoms in total. The highest BCUT2D eigenvalue weighted by molar-refractivity contribution is 5.77. The zero-order valence-electron chi connectivity index (χ0n) is 13.3. The second-order valence-corrected chi connectivity index (χ2v) is 5.96. The number of amides is 1. The number of hydrogen-bond acceptors (Lipinski definition) is 3. The van der Waals surface area contributed by atoms with E-state index in [1.54, 1.807) is 0 Å². The van der Waals surface area contributed by atoms with Gasteiger partial charge in [0.05, 0.1) is 0 Å². The van der Waals surface area contributed by atoms with Gasteiger partial charge in [0.1, 0.15) is 5.75 Å². The zero-order chi connectivity index (χ0) is 15.2. The molecule has 1 heterocycles. The smallest absolute Gasteiger partial charge is 0.260 e. The molecule has 1 aromatic carbocycles. The molecule has 21 heavy (non-hydrogen) atoms. The van der Waals surface area contributed by atoms with E-state index in [1.807, 2.05) is 24.1 Å². The van der Waals surface area contributed by atoms with Crippen LogP contribution < -0.4 is 10.1 Å². The van der Waals surface area contributed by atoms with Gasteiger partial charge in [0, 0.05) is 19.1 Å². The summed E-state index contributed by atoms with van der Waals surface area (Å²) in [5, 5.41) is 3.27. The first-order valence-corrected chi connectivity index (χ1v) is 7.78. The topological polar surface area (TPSA) is 41.6 Å². The van der Waals surface area contributed by atoms with Crippen molar-refractivity contribution in [1.82, 2.24) is 10.2 Å². The highest BCUT2D eigenvalue weighted by Gasteiger charge is 2.21. The van der Waals surface area contributed by atoms with Gasteiger partial charge in [-0.15, -0.1) is 0 Å². The Morgan fingerprint density at radius 3 is 2.43 bits per heavy atom. The van der Waals surface area contributed by atoms with Crippen LogP contribution in [0.3, 0.4) is 0 Å². The van der Waals surface area contributed by atoms with Crippen molar-refractivity contribution >= 4 is 5.91 Å². The van der Waals surface area contributed by atoms with Crippen LogP contribution in [0, 0.1) is 0 Å². The Bertz CT molecular complexity index is 448. The summed E-state index contributed by atoms with van der Waals surface area (Å²) >= 11 is 0. The monoisotopic (exact) mass is 290 g/mol. The van der Waals surface area contributed by atoms with Gasteiger partial charge >= 0.3 is 0 Å². The van der Waals surface area contributed by atoms with E-state index in [2.05, 4.69) is 31.3 Å². The third kappa shape index (κ3) is 4.46. The molecule has 0 aliphatic carbocycles. The van der Waals surface area contributed by atoms with Gasteiger partial charge in [0.15, 0.2) is 6.61 Å². The van der Waals surface area contributed by atoms with Crippen LogP contribution in [-0.4, -0.2) is 43.6 Å². The quantitative estimate of drug-likeness (QED) is 0.905. The van der Waals surface area contributed by atoms with Gasteiger partial charge in [-0.25, -0.2) is 0 Å². The van der Waals surface area contributed by atoms with Crippen molar-refractivity contribution in [2.75, 3.05) is 26.7 Å². The Kier molecular flexibility index (Phi) is 5.62. The molecule has 1 aromatic rings. The minimum atomic E-state index is 0.0810. The molecule has 1 saturated heterocycles. The number of hydrogen-bond donors (Lipinski definition) is 1. The summed E-state index contributed by atoms with van der Waals surface area (Å²) in [5.41, 5.74) is 1.28. The van der Waals surface area contributed by atoms with E-state index in [9.17, 15) is 4.79 Å². The van der Waals surface area contributed by atoms with Crippen LogP contribution in [0.1, 0.15) is 38.2 Å². The molecule has 2 rings (SSSR count). The number of carbonyl (C=O) groups excluding carboxylic acids is 1.